The van der Waals surface area contributed by atoms with Crippen molar-refractivity contribution < 1.29 is 22.7 Å². The Bertz CT molecular complexity index is 1510. The fourth-order valence-corrected chi connectivity index (χ4v) is 6.36. The van der Waals surface area contributed by atoms with Crippen LogP contribution in [0.15, 0.2) is 71.6 Å². The molecular formula is C30H34Cl3N3O5S. The van der Waals surface area contributed by atoms with Crippen LogP contribution in [-0.2, 0) is 26.2 Å². The molecule has 3 rings (SSSR count). The summed E-state index contributed by atoms with van der Waals surface area (Å²) in [5.74, 6) is -0.794. The minimum absolute atomic E-state index is 0.0336. The monoisotopic (exact) mass is 653 g/mol. The van der Waals surface area contributed by atoms with Gasteiger partial charge in [-0.1, -0.05) is 72.9 Å². The van der Waals surface area contributed by atoms with E-state index >= 15 is 0 Å². The van der Waals surface area contributed by atoms with Gasteiger partial charge in [-0.25, -0.2) is 8.42 Å². The second kappa shape index (κ2) is 15.0. The van der Waals surface area contributed by atoms with Gasteiger partial charge in [-0.05, 0) is 67.8 Å². The molecule has 226 valence electrons. The van der Waals surface area contributed by atoms with E-state index in [2.05, 4.69) is 5.32 Å². The van der Waals surface area contributed by atoms with Crippen LogP contribution in [0, 0.1) is 0 Å². The zero-order valence-corrected chi connectivity index (χ0v) is 26.9. The minimum atomic E-state index is -4.29. The van der Waals surface area contributed by atoms with Crippen LogP contribution in [0.1, 0.15) is 39.2 Å². The number of anilines is 1. The molecule has 1 N–H and O–H groups in total. The molecule has 3 aromatic rings. The highest BCUT2D eigenvalue weighted by atomic mass is 35.5. The highest BCUT2D eigenvalue weighted by molar-refractivity contribution is 7.92. The minimum Gasteiger partial charge on any atom is -0.495 e. The quantitative estimate of drug-likeness (QED) is 0.225. The van der Waals surface area contributed by atoms with Crippen LogP contribution >= 0.6 is 34.8 Å². The summed E-state index contributed by atoms with van der Waals surface area (Å²) < 4.78 is 34.4. The molecule has 0 aromatic heterocycles. The number of nitrogens with one attached hydrogen (secondary N) is 1. The summed E-state index contributed by atoms with van der Waals surface area (Å²) in [5, 5.41) is 3.90. The summed E-state index contributed by atoms with van der Waals surface area (Å²) in [4.78, 5) is 28.9. The smallest absolute Gasteiger partial charge is 0.264 e. The molecule has 0 spiro atoms. The van der Waals surface area contributed by atoms with Crippen molar-refractivity contribution in [1.82, 2.24) is 10.2 Å². The van der Waals surface area contributed by atoms with E-state index in [0.717, 1.165) is 4.31 Å². The number of nitrogens with zero attached hydrogens (tertiary/aromatic N) is 2. The highest BCUT2D eigenvalue weighted by Gasteiger charge is 2.35. The number of carbonyl (C=O) groups excluding carboxylic acids is 2. The average Bonchev–Trinajstić information content (AvgIpc) is 2.97. The van der Waals surface area contributed by atoms with Crippen molar-refractivity contribution in [1.29, 1.82) is 0 Å². The molecule has 0 radical (unpaired) electrons. The van der Waals surface area contributed by atoms with Crippen molar-refractivity contribution in [3.8, 4) is 5.75 Å². The van der Waals surface area contributed by atoms with Crippen molar-refractivity contribution in [3.05, 3.63) is 87.4 Å². The predicted molar refractivity (Wildman–Crippen MR) is 168 cm³/mol. The summed E-state index contributed by atoms with van der Waals surface area (Å²) in [6.07, 6.45) is 0.960. The van der Waals surface area contributed by atoms with Crippen LogP contribution in [0.5, 0.6) is 5.75 Å². The molecule has 8 nitrogen and oxygen atoms in total. The van der Waals surface area contributed by atoms with Gasteiger partial charge in [0.25, 0.3) is 10.0 Å². The molecule has 0 heterocycles. The van der Waals surface area contributed by atoms with Gasteiger partial charge >= 0.3 is 0 Å². The van der Waals surface area contributed by atoms with Gasteiger partial charge in [0.05, 0.1) is 17.7 Å². The fraction of sp³-hybridized carbons (Fsp3) is 0.333. The maximum Gasteiger partial charge on any atom is 0.264 e. The SMILES string of the molecule is CC[C@@H](C)NC(=O)[C@@H](CC)N(Cc1ccc(Cl)cc1Cl)C(=O)CN(c1cc(Cl)ccc1OC)S(=O)(=O)c1ccccc1. The number of benzene rings is 3. The van der Waals surface area contributed by atoms with Crippen LogP contribution < -0.4 is 14.4 Å². The van der Waals surface area contributed by atoms with Gasteiger partial charge in [-0.3, -0.25) is 13.9 Å². The zero-order valence-electron chi connectivity index (χ0n) is 23.8. The van der Waals surface area contributed by atoms with Crippen LogP contribution in [0.25, 0.3) is 0 Å². The summed E-state index contributed by atoms with van der Waals surface area (Å²) in [6, 6.07) is 16.0. The lowest BCUT2D eigenvalue weighted by Gasteiger charge is -2.34. The molecule has 0 saturated carbocycles. The lowest BCUT2D eigenvalue weighted by Crippen LogP contribution is -2.53. The average molecular weight is 655 g/mol. The molecular weight excluding hydrogens is 621 g/mol. The van der Waals surface area contributed by atoms with E-state index in [-0.39, 0.29) is 46.3 Å². The number of hydrogen-bond acceptors (Lipinski definition) is 5. The number of rotatable bonds is 13. The highest BCUT2D eigenvalue weighted by Crippen LogP contribution is 2.35. The van der Waals surface area contributed by atoms with Gasteiger partial charge in [-0.2, -0.15) is 0 Å². The maximum atomic E-state index is 14.2. The van der Waals surface area contributed by atoms with Gasteiger partial charge in [0.1, 0.15) is 18.3 Å². The van der Waals surface area contributed by atoms with Gasteiger partial charge in [0.15, 0.2) is 0 Å². The Morgan fingerprint density at radius 2 is 1.57 bits per heavy atom. The van der Waals surface area contributed by atoms with E-state index in [4.69, 9.17) is 39.5 Å². The van der Waals surface area contributed by atoms with Crippen molar-refractivity contribution in [3.63, 3.8) is 0 Å². The third-order valence-electron chi connectivity index (χ3n) is 6.76. The normalized spacial score (nSPS) is 12.7. The van der Waals surface area contributed by atoms with Crippen molar-refractivity contribution in [2.45, 2.75) is 57.1 Å². The van der Waals surface area contributed by atoms with Crippen LogP contribution in [0.2, 0.25) is 15.1 Å². The molecule has 12 heteroatoms. The van der Waals surface area contributed by atoms with E-state index in [1.165, 1.54) is 36.3 Å². The molecule has 0 aliphatic rings. The zero-order chi connectivity index (χ0) is 31.0. The number of amides is 2. The molecule has 0 fully saturated rings. The Balaban J connectivity index is 2.14. The van der Waals surface area contributed by atoms with E-state index in [9.17, 15) is 18.0 Å². The van der Waals surface area contributed by atoms with E-state index < -0.39 is 28.5 Å². The van der Waals surface area contributed by atoms with E-state index in [1.54, 1.807) is 49.4 Å². The first kappa shape index (κ1) is 33.5. The summed E-state index contributed by atoms with van der Waals surface area (Å²) >= 11 is 18.8. The topological polar surface area (TPSA) is 96.0 Å². The second-order valence-electron chi connectivity index (χ2n) is 9.64. The maximum absolute atomic E-state index is 14.2. The Kier molecular flexibility index (Phi) is 11.9. The number of hydrogen-bond donors (Lipinski definition) is 1. The van der Waals surface area contributed by atoms with Gasteiger partial charge in [0, 0.05) is 27.7 Å². The first-order chi connectivity index (χ1) is 19.9. The molecule has 42 heavy (non-hydrogen) atoms. The van der Waals surface area contributed by atoms with Gasteiger partial charge < -0.3 is 15.0 Å². The third-order valence-corrected chi connectivity index (χ3v) is 9.36. The molecule has 2 atom stereocenters. The molecule has 0 bridgehead atoms. The van der Waals surface area contributed by atoms with Crippen LogP contribution in [0.4, 0.5) is 5.69 Å². The van der Waals surface area contributed by atoms with E-state index in [0.29, 0.717) is 22.0 Å². The van der Waals surface area contributed by atoms with E-state index in [1.807, 2.05) is 13.8 Å². The van der Waals surface area contributed by atoms with Crippen molar-refractivity contribution in [2.24, 2.45) is 0 Å². The van der Waals surface area contributed by atoms with Crippen molar-refractivity contribution >= 4 is 62.3 Å². The number of ether oxygens (including phenoxy) is 1. The first-order valence-corrected chi connectivity index (χ1v) is 15.9. The number of halogens is 3. The largest absolute Gasteiger partial charge is 0.495 e. The summed E-state index contributed by atoms with van der Waals surface area (Å²) in [6.45, 7) is 4.88. The van der Waals surface area contributed by atoms with Crippen molar-refractivity contribution in [2.75, 3.05) is 18.0 Å². The molecule has 2 amide bonds. The Labute approximate surface area is 262 Å². The molecule has 0 saturated heterocycles. The molecule has 0 unspecified atom stereocenters. The lowest BCUT2D eigenvalue weighted by atomic mass is 10.1. The third kappa shape index (κ3) is 8.10. The van der Waals surface area contributed by atoms with Crippen LogP contribution in [0.3, 0.4) is 0 Å². The number of carbonyl (C=O) groups is 2. The fourth-order valence-electron chi connectivity index (χ4n) is 4.29. The Morgan fingerprint density at radius 1 is 0.929 bits per heavy atom. The number of sulfonamides is 1. The molecule has 3 aromatic carbocycles. The van der Waals surface area contributed by atoms with Gasteiger partial charge in [0.2, 0.25) is 11.8 Å². The predicted octanol–water partition coefficient (Wildman–Crippen LogP) is 6.57. The second-order valence-corrected chi connectivity index (χ2v) is 12.8. The Hall–Kier alpha value is -2.98. The number of methoxy groups -OCH3 is 1. The summed E-state index contributed by atoms with van der Waals surface area (Å²) in [5.41, 5.74) is 0.616. The summed E-state index contributed by atoms with van der Waals surface area (Å²) in [7, 11) is -2.90. The standard InChI is InChI=1S/C30H34Cl3N3O5S/c1-5-20(3)34-30(38)26(6-2)35(18-21-12-13-22(31)16-25(21)33)29(37)19-36(27-17-23(32)14-15-28(27)41-4)42(39,40)24-10-8-7-9-11-24/h7-17,20,26H,5-6,18-19H2,1-4H3,(H,34,38)/t20-,26-/m1/s1. The molecule has 0 aliphatic heterocycles. The van der Waals surface area contributed by atoms with Crippen LogP contribution in [-0.4, -0.2) is 50.9 Å². The first-order valence-electron chi connectivity index (χ1n) is 13.4. The van der Waals surface area contributed by atoms with Gasteiger partial charge in [-0.15, -0.1) is 0 Å². The lowest BCUT2D eigenvalue weighted by molar-refractivity contribution is -0.140. The Morgan fingerprint density at radius 3 is 2.17 bits per heavy atom. The molecule has 0 aliphatic carbocycles.